The molecule has 0 rings (SSSR count). The van der Waals surface area contributed by atoms with E-state index in [0.29, 0.717) is 6.42 Å². The van der Waals surface area contributed by atoms with Crippen molar-refractivity contribution in [2.75, 3.05) is 0 Å². The Morgan fingerprint density at radius 1 is 1.25 bits per heavy atom. The Morgan fingerprint density at radius 2 is 1.75 bits per heavy atom. The molecule has 1 atom stereocenters. The van der Waals surface area contributed by atoms with Crippen LogP contribution in [0.3, 0.4) is 0 Å². The van der Waals surface area contributed by atoms with Crippen LogP contribution in [0.1, 0.15) is 34.1 Å². The third-order valence-corrected chi connectivity index (χ3v) is 1.47. The van der Waals surface area contributed by atoms with E-state index < -0.39 is 0 Å². The molecule has 0 saturated heterocycles. The van der Waals surface area contributed by atoms with Gasteiger partial charge in [0, 0.05) is 18.4 Å². The quantitative estimate of drug-likeness (QED) is 0.689. The van der Waals surface area contributed by atoms with Gasteiger partial charge in [0.1, 0.15) is 5.78 Å². The molecular weight excluding hydrogens is 154 g/mol. The second-order valence-electron chi connectivity index (χ2n) is 3.47. The smallest absolute Gasteiger partial charge is 0.223 e. The third-order valence-electron chi connectivity index (χ3n) is 1.47. The number of rotatable bonds is 4. The van der Waals surface area contributed by atoms with Crippen LogP contribution in [0, 0.1) is 5.92 Å². The maximum absolute atomic E-state index is 11.2. The predicted octanol–water partition coefficient (Wildman–Crippen LogP) is 1.13. The van der Waals surface area contributed by atoms with E-state index in [1.165, 1.54) is 6.92 Å². The zero-order chi connectivity index (χ0) is 9.72. The number of hydrogen-bond acceptors (Lipinski definition) is 2. The van der Waals surface area contributed by atoms with E-state index in [-0.39, 0.29) is 23.7 Å². The second-order valence-corrected chi connectivity index (χ2v) is 3.47. The normalized spacial score (nSPS) is 12.8. The first kappa shape index (κ1) is 11.1. The second kappa shape index (κ2) is 4.91. The highest BCUT2D eigenvalue weighted by Gasteiger charge is 2.14. The topological polar surface area (TPSA) is 46.2 Å². The number of hydrogen-bond donors (Lipinski definition) is 1. The lowest BCUT2D eigenvalue weighted by atomic mass is 10.0. The van der Waals surface area contributed by atoms with Gasteiger partial charge in [-0.3, -0.25) is 4.79 Å². The van der Waals surface area contributed by atoms with Crippen LogP contribution in [0.5, 0.6) is 0 Å². The molecule has 0 radical (unpaired) electrons. The zero-order valence-electron chi connectivity index (χ0n) is 8.18. The molecule has 0 aliphatic carbocycles. The van der Waals surface area contributed by atoms with Gasteiger partial charge in [-0.15, -0.1) is 0 Å². The Morgan fingerprint density at radius 3 is 2.08 bits per heavy atom. The maximum Gasteiger partial charge on any atom is 0.223 e. The van der Waals surface area contributed by atoms with Crippen LogP contribution in [-0.2, 0) is 9.59 Å². The van der Waals surface area contributed by atoms with E-state index in [1.807, 2.05) is 13.8 Å². The molecule has 0 spiro atoms. The van der Waals surface area contributed by atoms with E-state index in [1.54, 1.807) is 6.92 Å². The van der Waals surface area contributed by atoms with Crippen LogP contribution in [0.4, 0.5) is 0 Å². The number of amides is 1. The summed E-state index contributed by atoms with van der Waals surface area (Å²) in [6.45, 7) is 7.06. The summed E-state index contributed by atoms with van der Waals surface area (Å²) in [6.07, 6.45) is 0.332. The summed E-state index contributed by atoms with van der Waals surface area (Å²) in [5.41, 5.74) is 0. The first-order chi connectivity index (χ1) is 5.43. The van der Waals surface area contributed by atoms with Gasteiger partial charge in [0.05, 0.1) is 0 Å². The SMILES string of the molecule is CC(=O)CC(C)C(=O)NC(C)C. The lowest BCUT2D eigenvalue weighted by Crippen LogP contribution is -2.35. The van der Waals surface area contributed by atoms with Gasteiger partial charge in [0.2, 0.25) is 5.91 Å². The van der Waals surface area contributed by atoms with E-state index in [2.05, 4.69) is 5.32 Å². The van der Waals surface area contributed by atoms with E-state index in [0.717, 1.165) is 0 Å². The van der Waals surface area contributed by atoms with Gasteiger partial charge in [-0.2, -0.15) is 0 Å². The number of carbonyl (C=O) groups is 2. The molecule has 0 aliphatic heterocycles. The number of Topliss-reactive ketones (excluding diaryl/α,β-unsaturated/α-hetero) is 1. The van der Waals surface area contributed by atoms with Crippen molar-refractivity contribution in [2.24, 2.45) is 5.92 Å². The summed E-state index contributed by atoms with van der Waals surface area (Å²) in [6, 6.07) is 0.145. The Hall–Kier alpha value is -0.860. The number of carbonyl (C=O) groups excluding carboxylic acids is 2. The standard InChI is InChI=1S/C9H17NO2/c1-6(2)10-9(12)7(3)5-8(4)11/h6-7H,5H2,1-4H3,(H,10,12). The molecule has 70 valence electrons. The van der Waals surface area contributed by atoms with Gasteiger partial charge in [-0.25, -0.2) is 0 Å². The van der Waals surface area contributed by atoms with Crippen LogP contribution in [0.2, 0.25) is 0 Å². The minimum absolute atomic E-state index is 0.0415. The molecule has 0 aliphatic rings. The van der Waals surface area contributed by atoms with E-state index in [4.69, 9.17) is 0 Å². The van der Waals surface area contributed by atoms with Gasteiger partial charge in [0.15, 0.2) is 0 Å². The Labute approximate surface area is 73.5 Å². The first-order valence-electron chi connectivity index (χ1n) is 4.23. The summed E-state index contributed by atoms with van der Waals surface area (Å²) in [5, 5.41) is 2.76. The van der Waals surface area contributed by atoms with Crippen LogP contribution >= 0.6 is 0 Å². The van der Waals surface area contributed by atoms with Crippen molar-refractivity contribution >= 4 is 11.7 Å². The fraction of sp³-hybridized carbons (Fsp3) is 0.778. The summed E-state index contributed by atoms with van der Waals surface area (Å²) in [4.78, 5) is 21.9. The highest BCUT2D eigenvalue weighted by molar-refractivity contribution is 5.85. The summed E-state index contributed by atoms with van der Waals surface area (Å²) >= 11 is 0. The number of nitrogens with one attached hydrogen (secondary N) is 1. The van der Waals surface area contributed by atoms with Crippen LogP contribution in [0.15, 0.2) is 0 Å². The molecule has 12 heavy (non-hydrogen) atoms. The summed E-state index contributed by atoms with van der Waals surface area (Å²) in [5.74, 6) is -0.188. The zero-order valence-corrected chi connectivity index (χ0v) is 8.18. The molecule has 0 saturated carbocycles. The van der Waals surface area contributed by atoms with E-state index in [9.17, 15) is 9.59 Å². The molecule has 0 aromatic rings. The van der Waals surface area contributed by atoms with Gasteiger partial charge in [-0.1, -0.05) is 6.92 Å². The minimum Gasteiger partial charge on any atom is -0.354 e. The van der Waals surface area contributed by atoms with Crippen molar-refractivity contribution in [3.63, 3.8) is 0 Å². The van der Waals surface area contributed by atoms with Crippen LogP contribution in [0.25, 0.3) is 0 Å². The molecule has 1 amide bonds. The Balaban J connectivity index is 3.85. The third kappa shape index (κ3) is 4.88. The highest BCUT2D eigenvalue weighted by atomic mass is 16.2. The van der Waals surface area contributed by atoms with Crippen LogP contribution < -0.4 is 5.32 Å². The fourth-order valence-electron chi connectivity index (χ4n) is 0.951. The highest BCUT2D eigenvalue weighted by Crippen LogP contribution is 2.02. The van der Waals surface area contributed by atoms with E-state index >= 15 is 0 Å². The molecule has 0 aromatic carbocycles. The van der Waals surface area contributed by atoms with Crippen molar-refractivity contribution in [1.82, 2.24) is 5.32 Å². The van der Waals surface area contributed by atoms with Crippen molar-refractivity contribution in [1.29, 1.82) is 0 Å². The number of ketones is 1. The average molecular weight is 171 g/mol. The molecule has 0 fully saturated rings. The van der Waals surface area contributed by atoms with Crippen molar-refractivity contribution in [3.05, 3.63) is 0 Å². The van der Waals surface area contributed by atoms with Crippen LogP contribution in [-0.4, -0.2) is 17.7 Å². The molecule has 1 N–H and O–H groups in total. The monoisotopic (exact) mass is 171 g/mol. The summed E-state index contributed by atoms with van der Waals surface area (Å²) in [7, 11) is 0. The van der Waals surface area contributed by atoms with Crippen molar-refractivity contribution < 1.29 is 9.59 Å². The van der Waals surface area contributed by atoms with Crippen molar-refractivity contribution in [3.8, 4) is 0 Å². The van der Waals surface area contributed by atoms with Gasteiger partial charge in [0.25, 0.3) is 0 Å². The van der Waals surface area contributed by atoms with Gasteiger partial charge in [-0.05, 0) is 20.8 Å². The lowest BCUT2D eigenvalue weighted by molar-refractivity contribution is -0.128. The minimum atomic E-state index is -0.204. The maximum atomic E-state index is 11.2. The molecule has 0 aromatic heterocycles. The van der Waals surface area contributed by atoms with Gasteiger partial charge < -0.3 is 10.1 Å². The fourth-order valence-corrected chi connectivity index (χ4v) is 0.951. The molecule has 3 nitrogen and oxygen atoms in total. The Kier molecular flexibility index (Phi) is 4.55. The molecule has 3 heteroatoms. The molecular formula is C9H17NO2. The first-order valence-corrected chi connectivity index (χ1v) is 4.23. The average Bonchev–Trinajstić information content (AvgIpc) is 1.84. The van der Waals surface area contributed by atoms with Crippen molar-refractivity contribution in [2.45, 2.75) is 40.2 Å². The largest absolute Gasteiger partial charge is 0.354 e. The summed E-state index contributed by atoms with van der Waals surface area (Å²) < 4.78 is 0. The molecule has 0 bridgehead atoms. The lowest BCUT2D eigenvalue weighted by Gasteiger charge is -2.12. The molecule has 1 unspecified atom stereocenters. The Bertz CT molecular complexity index is 175. The predicted molar refractivity (Wildman–Crippen MR) is 47.7 cm³/mol. The molecule has 0 heterocycles. The van der Waals surface area contributed by atoms with Gasteiger partial charge >= 0.3 is 0 Å².